The highest BCUT2D eigenvalue weighted by molar-refractivity contribution is 6.06. The van der Waals surface area contributed by atoms with Gasteiger partial charge in [-0.15, -0.1) is 0 Å². The molecule has 1 aliphatic rings. The second kappa shape index (κ2) is 4.49. The van der Waals surface area contributed by atoms with Crippen molar-refractivity contribution in [1.29, 1.82) is 0 Å². The maximum absolute atomic E-state index is 13.4. The summed E-state index contributed by atoms with van der Waals surface area (Å²) in [4.78, 5) is 11.0. The van der Waals surface area contributed by atoms with E-state index in [4.69, 9.17) is 9.84 Å². The molecule has 2 aromatic carbocycles. The second-order valence-corrected chi connectivity index (χ2v) is 4.50. The van der Waals surface area contributed by atoms with E-state index in [0.29, 0.717) is 16.9 Å². The molecule has 2 aromatic rings. The van der Waals surface area contributed by atoms with Gasteiger partial charge in [-0.25, -0.2) is 9.18 Å². The van der Waals surface area contributed by atoms with E-state index in [1.165, 1.54) is 12.1 Å². The third-order valence-corrected chi connectivity index (χ3v) is 3.35. The summed E-state index contributed by atoms with van der Waals surface area (Å²) in [6, 6.07) is 9.82. The van der Waals surface area contributed by atoms with Gasteiger partial charge in [0.25, 0.3) is 0 Å². The Morgan fingerprint density at radius 1 is 1.10 bits per heavy atom. The summed E-state index contributed by atoms with van der Waals surface area (Å²) in [5.41, 5.74) is 3.55. The summed E-state index contributed by atoms with van der Waals surface area (Å²) in [7, 11) is 1.55. The van der Waals surface area contributed by atoms with Gasteiger partial charge in [-0.3, -0.25) is 0 Å². The molecule has 0 heterocycles. The van der Waals surface area contributed by atoms with E-state index in [0.717, 1.165) is 22.8 Å². The Hall–Kier alpha value is -2.62. The maximum Gasteiger partial charge on any atom is 0.328 e. The molecule has 0 saturated carbocycles. The normalized spacial score (nSPS) is 14.0. The van der Waals surface area contributed by atoms with Crippen molar-refractivity contribution in [3.8, 4) is 16.9 Å². The van der Waals surface area contributed by atoms with Gasteiger partial charge in [0.1, 0.15) is 11.6 Å². The smallest absolute Gasteiger partial charge is 0.328 e. The number of halogens is 1. The minimum atomic E-state index is -1.06. The van der Waals surface area contributed by atoms with Crippen LogP contribution in [0.5, 0.6) is 5.75 Å². The zero-order valence-electron chi connectivity index (χ0n) is 10.7. The first-order chi connectivity index (χ1) is 9.60. The molecule has 0 atom stereocenters. The Morgan fingerprint density at radius 3 is 2.40 bits per heavy atom. The van der Waals surface area contributed by atoms with Crippen LogP contribution in [0.25, 0.3) is 16.7 Å². The van der Waals surface area contributed by atoms with Crippen molar-refractivity contribution in [2.45, 2.75) is 0 Å². The molecule has 0 saturated heterocycles. The molecule has 0 bridgehead atoms. The van der Waals surface area contributed by atoms with Gasteiger partial charge in [-0.05, 0) is 52.1 Å². The summed E-state index contributed by atoms with van der Waals surface area (Å²) in [5, 5.41) is 9.02. The van der Waals surface area contributed by atoms with Crippen molar-refractivity contribution in [3.05, 3.63) is 59.4 Å². The standard InChI is InChI=1S/C16H11FO3/c1-20-10-3-5-12-11-4-2-9(17)6-13(11)15(8-16(18)19)14(12)7-10/h2-8H,1H3,(H,18,19)/b15-8+. The van der Waals surface area contributed by atoms with E-state index in [-0.39, 0.29) is 5.82 Å². The number of hydrogen-bond donors (Lipinski definition) is 1. The van der Waals surface area contributed by atoms with Gasteiger partial charge in [-0.2, -0.15) is 0 Å². The van der Waals surface area contributed by atoms with Crippen LogP contribution in [0.15, 0.2) is 42.5 Å². The molecule has 0 aromatic heterocycles. The molecule has 4 heteroatoms. The topological polar surface area (TPSA) is 46.5 Å². The van der Waals surface area contributed by atoms with Crippen LogP contribution < -0.4 is 4.74 Å². The molecule has 1 N–H and O–H groups in total. The van der Waals surface area contributed by atoms with Crippen LogP contribution in [0, 0.1) is 5.82 Å². The number of methoxy groups -OCH3 is 1. The van der Waals surface area contributed by atoms with Crippen LogP contribution in [0.3, 0.4) is 0 Å². The Morgan fingerprint density at radius 2 is 1.75 bits per heavy atom. The van der Waals surface area contributed by atoms with E-state index >= 15 is 0 Å². The van der Waals surface area contributed by atoms with E-state index in [9.17, 15) is 9.18 Å². The lowest BCUT2D eigenvalue weighted by molar-refractivity contribution is -0.131. The first-order valence-corrected chi connectivity index (χ1v) is 6.03. The Labute approximate surface area is 114 Å². The number of hydrogen-bond acceptors (Lipinski definition) is 2. The van der Waals surface area contributed by atoms with Crippen LogP contribution in [-0.4, -0.2) is 18.2 Å². The Balaban J connectivity index is 2.31. The van der Waals surface area contributed by atoms with Crippen molar-refractivity contribution in [3.63, 3.8) is 0 Å². The number of carbonyl (C=O) groups is 1. The van der Waals surface area contributed by atoms with E-state index in [1.54, 1.807) is 25.3 Å². The number of rotatable bonds is 2. The van der Waals surface area contributed by atoms with Crippen LogP contribution in [-0.2, 0) is 4.79 Å². The van der Waals surface area contributed by atoms with Crippen LogP contribution in [0.2, 0.25) is 0 Å². The highest BCUT2D eigenvalue weighted by Crippen LogP contribution is 2.45. The predicted octanol–water partition coefficient (Wildman–Crippen LogP) is 3.33. The molecule has 0 radical (unpaired) electrons. The van der Waals surface area contributed by atoms with Crippen molar-refractivity contribution in [2.24, 2.45) is 0 Å². The first kappa shape index (κ1) is 12.4. The molecular weight excluding hydrogens is 259 g/mol. The van der Waals surface area contributed by atoms with E-state index in [2.05, 4.69) is 0 Å². The summed E-state index contributed by atoms with van der Waals surface area (Å²) < 4.78 is 18.6. The van der Waals surface area contributed by atoms with E-state index < -0.39 is 5.97 Å². The van der Waals surface area contributed by atoms with Crippen molar-refractivity contribution in [1.82, 2.24) is 0 Å². The highest BCUT2D eigenvalue weighted by Gasteiger charge is 2.25. The average molecular weight is 270 g/mol. The zero-order chi connectivity index (χ0) is 14.3. The molecule has 20 heavy (non-hydrogen) atoms. The van der Waals surface area contributed by atoms with Gasteiger partial charge in [0.2, 0.25) is 0 Å². The van der Waals surface area contributed by atoms with Crippen molar-refractivity contribution in [2.75, 3.05) is 7.11 Å². The fraction of sp³-hybridized carbons (Fsp3) is 0.0625. The molecule has 100 valence electrons. The maximum atomic E-state index is 13.4. The number of ether oxygens (including phenoxy) is 1. The first-order valence-electron chi connectivity index (χ1n) is 6.03. The molecule has 3 nitrogen and oxygen atoms in total. The highest BCUT2D eigenvalue weighted by atomic mass is 19.1. The van der Waals surface area contributed by atoms with Crippen LogP contribution in [0.4, 0.5) is 4.39 Å². The molecule has 0 unspecified atom stereocenters. The fourth-order valence-corrected chi connectivity index (χ4v) is 2.51. The summed E-state index contributed by atoms with van der Waals surface area (Å²) >= 11 is 0. The Bertz CT molecular complexity index is 747. The number of aliphatic carboxylic acids is 1. The largest absolute Gasteiger partial charge is 0.497 e. The minimum Gasteiger partial charge on any atom is -0.497 e. The van der Waals surface area contributed by atoms with Crippen LogP contribution >= 0.6 is 0 Å². The molecule has 0 fully saturated rings. The number of benzene rings is 2. The number of carboxylic acid groups (broad SMARTS) is 1. The number of carboxylic acids is 1. The van der Waals surface area contributed by atoms with Gasteiger partial charge < -0.3 is 9.84 Å². The summed E-state index contributed by atoms with van der Waals surface area (Å²) in [5.74, 6) is -0.820. The number of fused-ring (bicyclic) bond motifs is 3. The second-order valence-electron chi connectivity index (χ2n) is 4.50. The van der Waals surface area contributed by atoms with Crippen molar-refractivity contribution >= 4 is 11.5 Å². The third kappa shape index (κ3) is 1.86. The average Bonchev–Trinajstić information content (AvgIpc) is 2.71. The molecule has 1 aliphatic carbocycles. The lowest BCUT2D eigenvalue weighted by atomic mass is 10.0. The predicted molar refractivity (Wildman–Crippen MR) is 73.1 cm³/mol. The quantitative estimate of drug-likeness (QED) is 0.726. The molecule has 0 spiro atoms. The van der Waals surface area contributed by atoms with Gasteiger partial charge in [0, 0.05) is 6.08 Å². The molecule has 3 rings (SSSR count). The SMILES string of the molecule is COc1ccc2c(c1)/C(=C/C(=O)O)c1cc(F)ccc1-2. The molecule has 0 amide bonds. The fourth-order valence-electron chi connectivity index (χ4n) is 2.51. The molecular formula is C16H11FO3. The zero-order valence-corrected chi connectivity index (χ0v) is 10.7. The van der Waals surface area contributed by atoms with Crippen molar-refractivity contribution < 1.29 is 19.0 Å². The lowest BCUT2D eigenvalue weighted by Gasteiger charge is -2.04. The third-order valence-electron chi connectivity index (χ3n) is 3.35. The van der Waals surface area contributed by atoms with Gasteiger partial charge in [-0.1, -0.05) is 12.1 Å². The van der Waals surface area contributed by atoms with Gasteiger partial charge in [0.15, 0.2) is 0 Å². The van der Waals surface area contributed by atoms with Gasteiger partial charge in [0.05, 0.1) is 7.11 Å². The molecule has 0 aliphatic heterocycles. The Kier molecular flexibility index (Phi) is 2.79. The van der Waals surface area contributed by atoms with E-state index in [1.807, 2.05) is 6.07 Å². The van der Waals surface area contributed by atoms with Gasteiger partial charge >= 0.3 is 5.97 Å². The summed E-state index contributed by atoms with van der Waals surface area (Å²) in [6.07, 6.45) is 1.10. The van der Waals surface area contributed by atoms with Crippen LogP contribution in [0.1, 0.15) is 11.1 Å². The monoisotopic (exact) mass is 270 g/mol. The summed E-state index contributed by atoms with van der Waals surface area (Å²) in [6.45, 7) is 0. The minimum absolute atomic E-state index is 0.389. The lowest BCUT2D eigenvalue weighted by Crippen LogP contribution is -1.92.